The van der Waals surface area contributed by atoms with Crippen molar-refractivity contribution in [2.45, 2.75) is 18.9 Å². The van der Waals surface area contributed by atoms with Crippen LogP contribution in [0.25, 0.3) is 0 Å². The van der Waals surface area contributed by atoms with Gasteiger partial charge < -0.3 is 5.11 Å². The van der Waals surface area contributed by atoms with E-state index in [2.05, 4.69) is 0 Å². The second kappa shape index (κ2) is 6.13. The molecule has 0 aromatic heterocycles. The summed E-state index contributed by atoms with van der Waals surface area (Å²) < 4.78 is 26.0. The summed E-state index contributed by atoms with van der Waals surface area (Å²) in [4.78, 5) is 0. The molecule has 4 heteroatoms. The number of aliphatic hydroxyl groups is 1. The molecule has 0 saturated heterocycles. The van der Waals surface area contributed by atoms with E-state index in [0.29, 0.717) is 18.4 Å². The van der Waals surface area contributed by atoms with Gasteiger partial charge in [0.15, 0.2) is 0 Å². The van der Waals surface area contributed by atoms with Crippen LogP contribution in [0.15, 0.2) is 42.5 Å². The van der Waals surface area contributed by atoms with Crippen molar-refractivity contribution in [3.05, 3.63) is 70.2 Å². The van der Waals surface area contributed by atoms with Gasteiger partial charge in [0.25, 0.3) is 0 Å². The zero-order chi connectivity index (χ0) is 13.8. The zero-order valence-corrected chi connectivity index (χ0v) is 10.9. The summed E-state index contributed by atoms with van der Waals surface area (Å²) in [6.07, 6.45) is 0.0711. The summed E-state index contributed by atoms with van der Waals surface area (Å²) in [5, 5.41) is 10.0. The van der Waals surface area contributed by atoms with Gasteiger partial charge in [0.2, 0.25) is 0 Å². The van der Waals surface area contributed by atoms with E-state index in [-0.39, 0.29) is 10.8 Å². The highest BCUT2D eigenvalue weighted by atomic mass is 35.5. The van der Waals surface area contributed by atoms with Gasteiger partial charge in [0.1, 0.15) is 11.6 Å². The lowest BCUT2D eigenvalue weighted by Gasteiger charge is -2.11. The minimum atomic E-state index is -0.647. The smallest absolute Gasteiger partial charge is 0.142 e. The zero-order valence-electron chi connectivity index (χ0n) is 10.1. The van der Waals surface area contributed by atoms with Crippen molar-refractivity contribution in [1.82, 2.24) is 0 Å². The average Bonchev–Trinajstić information content (AvgIpc) is 2.37. The summed E-state index contributed by atoms with van der Waals surface area (Å²) in [6.45, 7) is 0. The number of hydrogen-bond donors (Lipinski definition) is 1. The number of aliphatic hydroxyl groups excluding tert-OH is 1. The Kier molecular flexibility index (Phi) is 4.51. The SMILES string of the molecule is OC(Cc1ccc(F)cc1)Cc1ccc(Cl)c(F)c1. The van der Waals surface area contributed by atoms with Crippen molar-refractivity contribution in [2.75, 3.05) is 0 Å². The third-order valence-corrected chi connectivity index (χ3v) is 3.15. The van der Waals surface area contributed by atoms with Crippen LogP contribution >= 0.6 is 11.6 Å². The van der Waals surface area contributed by atoms with Crippen molar-refractivity contribution in [3.63, 3.8) is 0 Å². The highest BCUT2D eigenvalue weighted by molar-refractivity contribution is 6.30. The molecule has 1 nitrogen and oxygen atoms in total. The molecule has 0 aliphatic carbocycles. The van der Waals surface area contributed by atoms with Gasteiger partial charge in [-0.25, -0.2) is 8.78 Å². The second-order valence-corrected chi connectivity index (χ2v) is 4.84. The van der Waals surface area contributed by atoms with Gasteiger partial charge in [-0.1, -0.05) is 29.8 Å². The second-order valence-electron chi connectivity index (χ2n) is 4.44. The fourth-order valence-electron chi connectivity index (χ4n) is 1.90. The van der Waals surface area contributed by atoms with E-state index < -0.39 is 11.9 Å². The predicted molar refractivity (Wildman–Crippen MR) is 71.2 cm³/mol. The van der Waals surface area contributed by atoms with Crippen LogP contribution in [0.4, 0.5) is 8.78 Å². The Morgan fingerprint density at radius 1 is 0.947 bits per heavy atom. The molecule has 0 heterocycles. The van der Waals surface area contributed by atoms with Crippen LogP contribution in [0.5, 0.6) is 0 Å². The molecular weight excluding hydrogens is 270 g/mol. The number of halogens is 3. The van der Waals surface area contributed by atoms with E-state index in [9.17, 15) is 13.9 Å². The molecule has 1 atom stereocenters. The maximum Gasteiger partial charge on any atom is 0.142 e. The number of rotatable bonds is 4. The van der Waals surface area contributed by atoms with Crippen LogP contribution in [0.2, 0.25) is 5.02 Å². The lowest BCUT2D eigenvalue weighted by Crippen LogP contribution is -2.14. The Bertz CT molecular complexity index is 555. The van der Waals surface area contributed by atoms with E-state index in [1.54, 1.807) is 18.2 Å². The summed E-state index contributed by atoms with van der Waals surface area (Å²) >= 11 is 5.59. The summed E-state index contributed by atoms with van der Waals surface area (Å²) in [7, 11) is 0. The van der Waals surface area contributed by atoms with E-state index in [1.807, 2.05) is 0 Å². The largest absolute Gasteiger partial charge is 0.392 e. The minimum absolute atomic E-state index is 0.0665. The molecule has 2 aromatic rings. The summed E-state index contributed by atoms with van der Waals surface area (Å²) in [5.74, 6) is -0.800. The standard InChI is InChI=1S/C15H13ClF2O/c16-14-6-3-11(9-15(14)18)8-13(19)7-10-1-4-12(17)5-2-10/h1-6,9,13,19H,7-8H2. The van der Waals surface area contributed by atoms with Crippen molar-refractivity contribution in [2.24, 2.45) is 0 Å². The summed E-state index contributed by atoms with van der Waals surface area (Å²) in [5.41, 5.74) is 1.51. The average molecular weight is 283 g/mol. The quantitative estimate of drug-likeness (QED) is 0.905. The van der Waals surface area contributed by atoms with Crippen LogP contribution < -0.4 is 0 Å². The molecular formula is C15H13ClF2O. The first-order valence-electron chi connectivity index (χ1n) is 5.91. The van der Waals surface area contributed by atoms with Gasteiger partial charge in [-0.2, -0.15) is 0 Å². The van der Waals surface area contributed by atoms with Crippen molar-refractivity contribution in [3.8, 4) is 0 Å². The molecule has 0 amide bonds. The molecule has 1 unspecified atom stereocenters. The van der Waals surface area contributed by atoms with Crippen molar-refractivity contribution >= 4 is 11.6 Å². The normalized spacial score (nSPS) is 12.4. The highest BCUT2D eigenvalue weighted by Crippen LogP contribution is 2.17. The van der Waals surface area contributed by atoms with Crippen LogP contribution in [-0.2, 0) is 12.8 Å². The first kappa shape index (κ1) is 14.0. The maximum absolute atomic E-state index is 13.2. The Morgan fingerprint density at radius 3 is 2.16 bits per heavy atom. The molecule has 0 aliphatic heterocycles. The third-order valence-electron chi connectivity index (χ3n) is 2.84. The number of hydrogen-bond acceptors (Lipinski definition) is 1. The molecule has 0 bridgehead atoms. The Labute approximate surface area is 115 Å². The first-order valence-corrected chi connectivity index (χ1v) is 6.29. The Morgan fingerprint density at radius 2 is 1.53 bits per heavy atom. The van der Waals surface area contributed by atoms with Gasteiger partial charge in [-0.05, 0) is 48.2 Å². The lowest BCUT2D eigenvalue weighted by atomic mass is 10.0. The maximum atomic E-state index is 13.2. The highest BCUT2D eigenvalue weighted by Gasteiger charge is 2.09. The molecule has 1 N–H and O–H groups in total. The van der Waals surface area contributed by atoms with Gasteiger partial charge in [0.05, 0.1) is 11.1 Å². The van der Waals surface area contributed by atoms with Crippen molar-refractivity contribution in [1.29, 1.82) is 0 Å². The molecule has 100 valence electrons. The fraction of sp³-hybridized carbons (Fsp3) is 0.200. The van der Waals surface area contributed by atoms with E-state index in [4.69, 9.17) is 11.6 Å². The molecule has 0 aliphatic rings. The third kappa shape index (κ3) is 4.01. The molecule has 0 spiro atoms. The predicted octanol–water partition coefficient (Wildman–Crippen LogP) is 3.76. The lowest BCUT2D eigenvalue weighted by molar-refractivity contribution is 0.175. The molecule has 0 radical (unpaired) electrons. The Hall–Kier alpha value is -1.45. The van der Waals surface area contributed by atoms with Gasteiger partial charge in [0, 0.05) is 0 Å². The molecule has 2 rings (SSSR count). The van der Waals surface area contributed by atoms with Crippen LogP contribution in [0.3, 0.4) is 0 Å². The molecule has 0 fully saturated rings. The van der Waals surface area contributed by atoms with Crippen LogP contribution in [-0.4, -0.2) is 11.2 Å². The summed E-state index contributed by atoms with van der Waals surface area (Å²) in [6, 6.07) is 10.4. The van der Waals surface area contributed by atoms with E-state index in [1.165, 1.54) is 24.3 Å². The van der Waals surface area contributed by atoms with E-state index >= 15 is 0 Å². The minimum Gasteiger partial charge on any atom is -0.392 e. The van der Waals surface area contributed by atoms with Gasteiger partial charge in [-0.15, -0.1) is 0 Å². The molecule has 19 heavy (non-hydrogen) atoms. The first-order chi connectivity index (χ1) is 9.04. The molecule has 2 aromatic carbocycles. The van der Waals surface area contributed by atoms with Crippen molar-refractivity contribution < 1.29 is 13.9 Å². The monoisotopic (exact) mass is 282 g/mol. The fourth-order valence-corrected chi connectivity index (χ4v) is 2.02. The number of benzene rings is 2. The van der Waals surface area contributed by atoms with Gasteiger partial charge in [-0.3, -0.25) is 0 Å². The molecule has 0 saturated carbocycles. The van der Waals surface area contributed by atoms with Gasteiger partial charge >= 0.3 is 0 Å². The van der Waals surface area contributed by atoms with E-state index in [0.717, 1.165) is 5.56 Å². The Balaban J connectivity index is 1.98. The van der Waals surface area contributed by atoms with Crippen LogP contribution in [0, 0.1) is 11.6 Å². The van der Waals surface area contributed by atoms with Crippen LogP contribution in [0.1, 0.15) is 11.1 Å². The topological polar surface area (TPSA) is 20.2 Å².